The lowest BCUT2D eigenvalue weighted by Crippen LogP contribution is -2.53. The van der Waals surface area contributed by atoms with Crippen LogP contribution < -0.4 is 5.32 Å². The van der Waals surface area contributed by atoms with Crippen molar-refractivity contribution in [2.75, 3.05) is 19.6 Å². The minimum absolute atomic E-state index is 0.0600. The summed E-state index contributed by atoms with van der Waals surface area (Å²) in [6, 6.07) is 7.03. The number of aryl methyl sites for hydroxylation is 1. The Labute approximate surface area is 120 Å². The molecule has 2 atom stereocenters. The lowest BCUT2D eigenvalue weighted by atomic mass is 9.98. The van der Waals surface area contributed by atoms with Crippen LogP contribution >= 0.6 is 0 Å². The van der Waals surface area contributed by atoms with E-state index in [1.54, 1.807) is 12.1 Å². The quantitative estimate of drug-likeness (QED) is 0.916. The van der Waals surface area contributed by atoms with E-state index in [0.717, 1.165) is 19.6 Å². The lowest BCUT2D eigenvalue weighted by Gasteiger charge is -2.35. The van der Waals surface area contributed by atoms with Crippen molar-refractivity contribution in [1.82, 2.24) is 10.2 Å². The number of rotatable bonds is 4. The highest BCUT2D eigenvalue weighted by molar-refractivity contribution is 5.79. The number of nitrogens with zero attached hydrogens (tertiary/aromatic N) is 1. The van der Waals surface area contributed by atoms with Crippen LogP contribution in [0.25, 0.3) is 0 Å². The third kappa shape index (κ3) is 3.57. The lowest BCUT2D eigenvalue weighted by molar-refractivity contribution is -0.138. The summed E-state index contributed by atoms with van der Waals surface area (Å²) in [5.74, 6) is -0.0480. The Morgan fingerprint density at radius 2 is 2.25 bits per heavy atom. The Bertz CT molecular complexity index is 464. The molecule has 1 amide bonds. The highest BCUT2D eigenvalue weighted by Crippen LogP contribution is 2.16. The van der Waals surface area contributed by atoms with E-state index in [1.165, 1.54) is 6.07 Å². The zero-order valence-corrected chi connectivity index (χ0v) is 12.2. The van der Waals surface area contributed by atoms with Gasteiger partial charge in [-0.2, -0.15) is 0 Å². The molecule has 0 bridgehead atoms. The van der Waals surface area contributed by atoms with Gasteiger partial charge >= 0.3 is 0 Å². The van der Waals surface area contributed by atoms with E-state index >= 15 is 0 Å². The number of carbonyl (C=O) groups excluding carboxylic acids is 1. The van der Waals surface area contributed by atoms with E-state index in [1.807, 2.05) is 17.9 Å². The van der Waals surface area contributed by atoms with E-state index in [9.17, 15) is 9.18 Å². The van der Waals surface area contributed by atoms with Gasteiger partial charge in [-0.1, -0.05) is 25.1 Å². The third-order valence-corrected chi connectivity index (χ3v) is 4.01. The average molecular weight is 278 g/mol. The van der Waals surface area contributed by atoms with Crippen molar-refractivity contribution in [3.63, 3.8) is 0 Å². The van der Waals surface area contributed by atoms with E-state index < -0.39 is 0 Å². The first-order chi connectivity index (χ1) is 9.59. The fourth-order valence-electron chi connectivity index (χ4n) is 2.65. The van der Waals surface area contributed by atoms with E-state index in [4.69, 9.17) is 0 Å². The van der Waals surface area contributed by atoms with Gasteiger partial charge < -0.3 is 10.2 Å². The summed E-state index contributed by atoms with van der Waals surface area (Å²) in [4.78, 5) is 14.4. The molecule has 1 N–H and O–H groups in total. The molecule has 1 aromatic rings. The fourth-order valence-corrected chi connectivity index (χ4v) is 2.65. The third-order valence-electron chi connectivity index (χ3n) is 4.01. The van der Waals surface area contributed by atoms with Gasteiger partial charge in [0, 0.05) is 31.6 Å². The van der Waals surface area contributed by atoms with Gasteiger partial charge in [0.2, 0.25) is 5.91 Å². The molecule has 3 nitrogen and oxygen atoms in total. The second kappa shape index (κ2) is 6.84. The highest BCUT2D eigenvalue weighted by atomic mass is 19.1. The molecule has 1 fully saturated rings. The Morgan fingerprint density at radius 3 is 2.95 bits per heavy atom. The Kier molecular flexibility index (Phi) is 5.12. The molecule has 1 aliphatic heterocycles. The molecule has 1 heterocycles. The molecule has 1 aromatic carbocycles. The number of hydrogen-bond donors (Lipinski definition) is 1. The number of carbonyl (C=O) groups is 1. The van der Waals surface area contributed by atoms with Gasteiger partial charge in [-0.05, 0) is 31.4 Å². The predicted octanol–water partition coefficient (Wildman–Crippen LogP) is 2.21. The SMILES string of the molecule is C[C@@H](CCc1ccccc1F)C(=O)N1CCNC[C@@H]1C. The number of hydrogen-bond acceptors (Lipinski definition) is 2. The molecule has 1 saturated heterocycles. The Balaban J connectivity index is 1.89. The summed E-state index contributed by atoms with van der Waals surface area (Å²) in [5, 5.41) is 3.28. The molecule has 110 valence electrons. The molecule has 0 spiro atoms. The van der Waals surface area contributed by atoms with Crippen LogP contribution in [0.5, 0.6) is 0 Å². The van der Waals surface area contributed by atoms with Gasteiger partial charge in [0.15, 0.2) is 0 Å². The molecule has 0 saturated carbocycles. The predicted molar refractivity (Wildman–Crippen MR) is 77.9 cm³/mol. The Morgan fingerprint density at radius 1 is 1.50 bits per heavy atom. The molecule has 0 radical (unpaired) electrons. The molecular formula is C16H23FN2O. The first kappa shape index (κ1) is 15.0. The Hall–Kier alpha value is -1.42. The smallest absolute Gasteiger partial charge is 0.225 e. The molecule has 2 rings (SSSR count). The van der Waals surface area contributed by atoms with Crippen molar-refractivity contribution in [3.8, 4) is 0 Å². The summed E-state index contributed by atoms with van der Waals surface area (Å²) in [6.07, 6.45) is 1.30. The molecule has 0 unspecified atom stereocenters. The van der Waals surface area contributed by atoms with Crippen molar-refractivity contribution in [1.29, 1.82) is 0 Å². The minimum atomic E-state index is -0.178. The standard InChI is InChI=1S/C16H23FN2O/c1-12(7-8-14-5-3-4-6-15(14)17)16(20)19-10-9-18-11-13(19)2/h3-6,12-13,18H,7-11H2,1-2H3/t12-,13-/m0/s1. The first-order valence-electron chi connectivity index (χ1n) is 7.34. The highest BCUT2D eigenvalue weighted by Gasteiger charge is 2.26. The summed E-state index contributed by atoms with van der Waals surface area (Å²) in [6.45, 7) is 6.48. The van der Waals surface area contributed by atoms with Crippen LogP contribution in [0.3, 0.4) is 0 Å². The van der Waals surface area contributed by atoms with E-state index in [0.29, 0.717) is 18.4 Å². The van der Waals surface area contributed by atoms with Crippen LogP contribution in [-0.4, -0.2) is 36.5 Å². The van der Waals surface area contributed by atoms with E-state index in [2.05, 4.69) is 12.2 Å². The van der Waals surface area contributed by atoms with Crippen LogP contribution in [0.2, 0.25) is 0 Å². The largest absolute Gasteiger partial charge is 0.337 e. The molecule has 20 heavy (non-hydrogen) atoms. The molecule has 0 aromatic heterocycles. The van der Waals surface area contributed by atoms with E-state index in [-0.39, 0.29) is 23.7 Å². The van der Waals surface area contributed by atoms with Gasteiger partial charge in [-0.3, -0.25) is 4.79 Å². The second-order valence-electron chi connectivity index (χ2n) is 5.62. The monoisotopic (exact) mass is 278 g/mol. The number of piperazine rings is 1. The maximum Gasteiger partial charge on any atom is 0.225 e. The van der Waals surface area contributed by atoms with Crippen LogP contribution in [0.4, 0.5) is 4.39 Å². The number of amides is 1. The normalized spacial score (nSPS) is 20.8. The summed E-state index contributed by atoms with van der Waals surface area (Å²) >= 11 is 0. The molecule has 4 heteroatoms. The van der Waals surface area contributed by atoms with Crippen molar-refractivity contribution in [3.05, 3.63) is 35.6 Å². The van der Waals surface area contributed by atoms with Crippen molar-refractivity contribution >= 4 is 5.91 Å². The second-order valence-corrected chi connectivity index (χ2v) is 5.62. The zero-order chi connectivity index (χ0) is 14.5. The number of nitrogens with one attached hydrogen (secondary N) is 1. The van der Waals surface area contributed by atoms with Gasteiger partial charge in [-0.25, -0.2) is 4.39 Å². The maximum absolute atomic E-state index is 13.6. The molecular weight excluding hydrogens is 255 g/mol. The maximum atomic E-state index is 13.6. The van der Waals surface area contributed by atoms with Crippen LogP contribution in [0.15, 0.2) is 24.3 Å². The average Bonchev–Trinajstić information content (AvgIpc) is 2.46. The van der Waals surface area contributed by atoms with Crippen LogP contribution in [-0.2, 0) is 11.2 Å². The van der Waals surface area contributed by atoms with Gasteiger partial charge in [0.1, 0.15) is 5.82 Å². The zero-order valence-electron chi connectivity index (χ0n) is 12.2. The van der Waals surface area contributed by atoms with Gasteiger partial charge in [0.25, 0.3) is 0 Å². The summed E-state index contributed by atoms with van der Waals surface area (Å²) in [7, 11) is 0. The topological polar surface area (TPSA) is 32.3 Å². The fraction of sp³-hybridized carbons (Fsp3) is 0.562. The van der Waals surface area contributed by atoms with Crippen molar-refractivity contribution in [2.24, 2.45) is 5.92 Å². The number of halogens is 1. The summed E-state index contributed by atoms with van der Waals surface area (Å²) in [5.41, 5.74) is 0.695. The number of benzene rings is 1. The van der Waals surface area contributed by atoms with Gasteiger partial charge in [-0.15, -0.1) is 0 Å². The van der Waals surface area contributed by atoms with Gasteiger partial charge in [0.05, 0.1) is 0 Å². The van der Waals surface area contributed by atoms with Crippen molar-refractivity contribution < 1.29 is 9.18 Å². The molecule has 1 aliphatic rings. The first-order valence-corrected chi connectivity index (χ1v) is 7.34. The minimum Gasteiger partial charge on any atom is -0.337 e. The molecule has 0 aliphatic carbocycles. The van der Waals surface area contributed by atoms with Crippen LogP contribution in [0.1, 0.15) is 25.8 Å². The summed E-state index contributed by atoms with van der Waals surface area (Å²) < 4.78 is 13.6. The van der Waals surface area contributed by atoms with Crippen molar-refractivity contribution in [2.45, 2.75) is 32.7 Å². The van der Waals surface area contributed by atoms with Crippen LogP contribution in [0, 0.1) is 11.7 Å².